The van der Waals surface area contributed by atoms with E-state index in [0.29, 0.717) is 11.1 Å². The summed E-state index contributed by atoms with van der Waals surface area (Å²) in [5.41, 5.74) is 6.28. The summed E-state index contributed by atoms with van der Waals surface area (Å²) >= 11 is 0. The van der Waals surface area contributed by atoms with Gasteiger partial charge in [0.2, 0.25) is 0 Å². The molecule has 0 unspecified atom stereocenters. The van der Waals surface area contributed by atoms with E-state index in [1.807, 2.05) is 66.7 Å². The number of pyridine rings is 2. The molecule has 0 saturated carbocycles. The Morgan fingerprint density at radius 1 is 0.806 bits per heavy atom. The molecule has 0 radical (unpaired) electrons. The topological polar surface area (TPSA) is 93.9 Å². The summed E-state index contributed by atoms with van der Waals surface area (Å²) in [6.07, 6.45) is 5.18. The highest BCUT2D eigenvalue weighted by Crippen LogP contribution is 2.27. The highest BCUT2D eigenvalue weighted by Gasteiger charge is 2.14. The normalized spacial score (nSPS) is 10.4. The van der Waals surface area contributed by atoms with Crippen molar-refractivity contribution in [1.82, 2.24) is 9.97 Å². The van der Waals surface area contributed by atoms with Crippen molar-refractivity contribution < 1.29 is 4.79 Å². The number of nitriles is 1. The van der Waals surface area contributed by atoms with Crippen molar-refractivity contribution in [2.75, 3.05) is 22.6 Å². The standard InChI is InChI=1S/C29H22N6O/c1-35(25-9-7-22(8-10-25)33-24-12-15-31-16-13-24)29(36)21-3-5-23(6-4-21)34-28-14-17-32-27-11-2-20(19-30)18-26(27)28/h2-18H,1H3,(H,31,33)(H,32,34). The van der Waals surface area contributed by atoms with Gasteiger partial charge in [-0.1, -0.05) is 0 Å². The SMILES string of the molecule is CN(C(=O)c1ccc(Nc2ccnc3ccc(C#N)cc23)cc1)c1ccc(Nc2ccncc2)cc1. The van der Waals surface area contributed by atoms with Gasteiger partial charge in [0.05, 0.1) is 17.1 Å². The van der Waals surface area contributed by atoms with Crippen LogP contribution in [-0.2, 0) is 0 Å². The molecule has 0 fully saturated rings. The van der Waals surface area contributed by atoms with Crippen LogP contribution in [0.4, 0.5) is 28.4 Å². The smallest absolute Gasteiger partial charge is 0.258 e. The number of hydrogen-bond donors (Lipinski definition) is 2. The molecule has 7 heteroatoms. The van der Waals surface area contributed by atoms with Gasteiger partial charge in [-0.3, -0.25) is 14.8 Å². The Balaban J connectivity index is 1.28. The number of nitrogens with one attached hydrogen (secondary N) is 2. The first-order chi connectivity index (χ1) is 17.6. The zero-order valence-electron chi connectivity index (χ0n) is 19.5. The summed E-state index contributed by atoms with van der Waals surface area (Å²) in [6.45, 7) is 0. The lowest BCUT2D eigenvalue weighted by molar-refractivity contribution is 0.0993. The lowest BCUT2D eigenvalue weighted by Crippen LogP contribution is -2.26. The molecule has 0 saturated heterocycles. The summed E-state index contributed by atoms with van der Waals surface area (Å²) in [5.74, 6) is -0.107. The van der Waals surface area contributed by atoms with E-state index in [-0.39, 0.29) is 5.91 Å². The van der Waals surface area contributed by atoms with Crippen LogP contribution in [0.25, 0.3) is 10.9 Å². The summed E-state index contributed by atoms with van der Waals surface area (Å²) in [7, 11) is 1.76. The Morgan fingerprint density at radius 2 is 1.47 bits per heavy atom. The third kappa shape index (κ3) is 4.83. The van der Waals surface area contributed by atoms with Crippen molar-refractivity contribution in [3.05, 3.63) is 115 Å². The molecule has 0 aliphatic heterocycles. The number of hydrogen-bond acceptors (Lipinski definition) is 6. The maximum Gasteiger partial charge on any atom is 0.258 e. The molecule has 3 aromatic carbocycles. The Morgan fingerprint density at radius 3 is 2.19 bits per heavy atom. The van der Waals surface area contributed by atoms with Gasteiger partial charge < -0.3 is 15.5 Å². The van der Waals surface area contributed by atoms with Crippen LogP contribution in [-0.4, -0.2) is 22.9 Å². The zero-order valence-corrected chi connectivity index (χ0v) is 19.5. The van der Waals surface area contributed by atoms with Gasteiger partial charge in [0.1, 0.15) is 0 Å². The number of anilines is 5. The predicted octanol–water partition coefficient (Wildman–Crippen LogP) is 6.27. The molecule has 0 bridgehead atoms. The fourth-order valence-electron chi connectivity index (χ4n) is 3.86. The molecule has 0 atom stereocenters. The molecule has 36 heavy (non-hydrogen) atoms. The van der Waals surface area contributed by atoms with Gasteiger partial charge in [-0.15, -0.1) is 0 Å². The quantitative estimate of drug-likeness (QED) is 0.304. The van der Waals surface area contributed by atoms with E-state index in [1.54, 1.807) is 48.7 Å². The highest BCUT2D eigenvalue weighted by molar-refractivity contribution is 6.06. The Labute approximate surface area is 208 Å². The van der Waals surface area contributed by atoms with Crippen LogP contribution >= 0.6 is 0 Å². The molecule has 2 N–H and O–H groups in total. The van der Waals surface area contributed by atoms with Crippen LogP contribution in [0.1, 0.15) is 15.9 Å². The third-order valence-corrected chi connectivity index (χ3v) is 5.81. The molecule has 5 aromatic rings. The van der Waals surface area contributed by atoms with Gasteiger partial charge in [-0.05, 0) is 84.9 Å². The number of rotatable bonds is 6. The number of amides is 1. The Hall–Kier alpha value is -5.22. The van der Waals surface area contributed by atoms with Gasteiger partial charge in [-0.2, -0.15) is 5.26 Å². The highest BCUT2D eigenvalue weighted by atomic mass is 16.2. The lowest BCUT2D eigenvalue weighted by atomic mass is 10.1. The molecule has 2 heterocycles. The minimum Gasteiger partial charge on any atom is -0.355 e. The minimum absolute atomic E-state index is 0.107. The number of benzene rings is 3. The molecule has 2 aromatic heterocycles. The van der Waals surface area contributed by atoms with Crippen molar-refractivity contribution in [2.45, 2.75) is 0 Å². The first-order valence-corrected chi connectivity index (χ1v) is 11.3. The molecule has 0 spiro atoms. The number of carbonyl (C=O) groups excluding carboxylic acids is 1. The van der Waals surface area contributed by atoms with Gasteiger partial charge in [0, 0.05) is 65.0 Å². The largest absolute Gasteiger partial charge is 0.355 e. The van der Waals surface area contributed by atoms with Gasteiger partial charge in [0.25, 0.3) is 5.91 Å². The summed E-state index contributed by atoms with van der Waals surface area (Å²) in [5, 5.41) is 16.8. The molecule has 5 rings (SSSR count). The van der Waals surface area contributed by atoms with E-state index >= 15 is 0 Å². The second-order valence-corrected chi connectivity index (χ2v) is 8.18. The first-order valence-electron chi connectivity index (χ1n) is 11.3. The average Bonchev–Trinajstić information content (AvgIpc) is 2.93. The Kier molecular flexibility index (Phi) is 6.24. The monoisotopic (exact) mass is 470 g/mol. The van der Waals surface area contributed by atoms with E-state index in [4.69, 9.17) is 0 Å². The van der Waals surface area contributed by atoms with E-state index in [0.717, 1.165) is 39.3 Å². The van der Waals surface area contributed by atoms with Crippen LogP contribution in [0, 0.1) is 11.3 Å². The van der Waals surface area contributed by atoms with Crippen LogP contribution in [0.5, 0.6) is 0 Å². The molecule has 7 nitrogen and oxygen atoms in total. The number of fused-ring (bicyclic) bond motifs is 1. The molecule has 0 aliphatic carbocycles. The predicted molar refractivity (Wildman–Crippen MR) is 143 cm³/mol. The zero-order chi connectivity index (χ0) is 24.9. The van der Waals surface area contributed by atoms with Crippen molar-refractivity contribution in [1.29, 1.82) is 5.26 Å². The van der Waals surface area contributed by atoms with Crippen molar-refractivity contribution in [3.63, 3.8) is 0 Å². The first kappa shape index (κ1) is 22.6. The maximum absolute atomic E-state index is 13.1. The molecule has 174 valence electrons. The summed E-state index contributed by atoms with van der Waals surface area (Å²) in [4.78, 5) is 23.1. The van der Waals surface area contributed by atoms with Crippen LogP contribution in [0.3, 0.4) is 0 Å². The fourth-order valence-corrected chi connectivity index (χ4v) is 3.86. The molecule has 0 aliphatic rings. The second-order valence-electron chi connectivity index (χ2n) is 8.18. The van der Waals surface area contributed by atoms with Crippen LogP contribution < -0.4 is 15.5 Å². The van der Waals surface area contributed by atoms with Gasteiger partial charge in [-0.25, -0.2) is 0 Å². The number of nitrogens with zero attached hydrogens (tertiary/aromatic N) is 4. The lowest BCUT2D eigenvalue weighted by Gasteiger charge is -2.18. The Bertz CT molecular complexity index is 1560. The fraction of sp³-hybridized carbons (Fsp3) is 0.0345. The maximum atomic E-state index is 13.1. The summed E-state index contributed by atoms with van der Waals surface area (Å²) < 4.78 is 0. The van der Waals surface area contributed by atoms with Crippen molar-refractivity contribution in [2.24, 2.45) is 0 Å². The molecular weight excluding hydrogens is 448 g/mol. The van der Waals surface area contributed by atoms with E-state index in [1.165, 1.54) is 0 Å². The van der Waals surface area contributed by atoms with Crippen LogP contribution in [0.15, 0.2) is 104 Å². The molecule has 1 amide bonds. The number of aromatic nitrogens is 2. The number of carbonyl (C=O) groups is 1. The third-order valence-electron chi connectivity index (χ3n) is 5.81. The summed E-state index contributed by atoms with van der Waals surface area (Å²) in [6, 6.07) is 28.2. The molecular formula is C29H22N6O. The average molecular weight is 471 g/mol. The van der Waals surface area contributed by atoms with Crippen molar-refractivity contribution >= 4 is 45.2 Å². The van der Waals surface area contributed by atoms with Crippen molar-refractivity contribution in [3.8, 4) is 6.07 Å². The van der Waals surface area contributed by atoms with Gasteiger partial charge >= 0.3 is 0 Å². The second kappa shape index (κ2) is 9.95. The van der Waals surface area contributed by atoms with E-state index < -0.39 is 0 Å². The van der Waals surface area contributed by atoms with E-state index in [2.05, 4.69) is 26.7 Å². The van der Waals surface area contributed by atoms with E-state index in [9.17, 15) is 10.1 Å². The van der Waals surface area contributed by atoms with Gasteiger partial charge in [0.15, 0.2) is 0 Å². The van der Waals surface area contributed by atoms with Crippen LogP contribution in [0.2, 0.25) is 0 Å². The minimum atomic E-state index is -0.107.